The van der Waals surface area contributed by atoms with Crippen molar-refractivity contribution in [1.82, 2.24) is 60.0 Å². The number of carbonyl (C=O) groups is 12. The van der Waals surface area contributed by atoms with Gasteiger partial charge in [0.25, 0.3) is 0 Å². The number of piperidine rings is 1. The van der Waals surface area contributed by atoms with Gasteiger partial charge in [0, 0.05) is 74.9 Å². The van der Waals surface area contributed by atoms with Gasteiger partial charge in [0.15, 0.2) is 0 Å². The zero-order valence-corrected chi connectivity index (χ0v) is 63.5. The van der Waals surface area contributed by atoms with E-state index in [0.717, 1.165) is 63.6 Å². The van der Waals surface area contributed by atoms with Crippen molar-refractivity contribution in [1.29, 1.82) is 0 Å². The summed E-state index contributed by atoms with van der Waals surface area (Å²) in [7, 11) is 8.14. The summed E-state index contributed by atoms with van der Waals surface area (Å²) in [6, 6.07) is -5.25. The monoisotopic (exact) mass is 1510 g/mol. The van der Waals surface area contributed by atoms with Gasteiger partial charge in [-0.3, -0.25) is 57.5 Å². The molecule has 0 bridgehead atoms. The summed E-state index contributed by atoms with van der Waals surface area (Å²) in [5, 5.41) is 7.96. The van der Waals surface area contributed by atoms with E-state index in [9.17, 15) is 55.1 Å². The number of alkyl halides is 6. The Hall–Kier alpha value is -8.05. The fourth-order valence-electron chi connectivity index (χ4n) is 15.8. The molecule has 24 nitrogen and oxygen atoms in total. The number of likely N-dealkylation sites (tertiary alicyclic amines) is 1. The normalized spacial score (nSPS) is 26.9. The highest BCUT2D eigenvalue weighted by Gasteiger charge is 2.52. The van der Waals surface area contributed by atoms with Gasteiger partial charge in [-0.25, -0.2) is 0 Å². The molecular formula is C75H105ClF6N12O12. The summed E-state index contributed by atoms with van der Waals surface area (Å²) >= 11 is 6.14. The molecule has 1 spiro atoms. The lowest BCUT2D eigenvalue weighted by Crippen LogP contribution is -2.65. The second-order valence-corrected chi connectivity index (χ2v) is 30.8. The van der Waals surface area contributed by atoms with Crippen molar-refractivity contribution in [3.05, 3.63) is 69.7 Å². The van der Waals surface area contributed by atoms with Crippen LogP contribution in [0, 0.1) is 17.8 Å². The Morgan fingerprint density at radius 3 is 1.80 bits per heavy atom. The smallest absolute Gasteiger partial charge is 0.343 e. The number of hydrogen-bond acceptors (Lipinski definition) is 12. The van der Waals surface area contributed by atoms with Gasteiger partial charge in [0.2, 0.25) is 70.9 Å². The van der Waals surface area contributed by atoms with Crippen LogP contribution in [0.2, 0.25) is 5.02 Å². The molecule has 0 radical (unpaired) electrons. The van der Waals surface area contributed by atoms with E-state index in [1.165, 1.54) is 73.7 Å². The van der Waals surface area contributed by atoms with E-state index in [4.69, 9.17) is 11.6 Å². The molecule has 10 atom stereocenters. The number of halogens is 7. The summed E-state index contributed by atoms with van der Waals surface area (Å²) in [6.07, 6.45) is -4.36. The summed E-state index contributed by atoms with van der Waals surface area (Å²) in [5.74, 6) is -9.98. The van der Waals surface area contributed by atoms with Crippen LogP contribution in [-0.4, -0.2) is 250 Å². The van der Waals surface area contributed by atoms with Crippen molar-refractivity contribution in [2.45, 2.75) is 235 Å². The van der Waals surface area contributed by atoms with E-state index in [1.54, 1.807) is 18.7 Å². The molecule has 4 aliphatic heterocycles. The maximum atomic E-state index is 15.8. The zero-order valence-electron chi connectivity index (χ0n) is 62.7. The van der Waals surface area contributed by atoms with Gasteiger partial charge in [-0.2, -0.15) is 26.3 Å². The standard InChI is InChI=1S/C75H105ClF6N12O12/c1-12-45(4)61-70(104)87(7)46(5)65(99)94-38-32-55(94)68(102)89(9)57(41-48-24-28-50(29-25-48)74(77,78)79)67(101)86(6)43-59(95)83-53(31-27-47-26-30-51(52(76)40-47)75(80,81)82)66(100)93-37-20-23-54(93)64(98)85-73(33-16-17-34-73)72(106)91(11)62(49-21-14-15-22-49)71(105)90(10)58(69(103)92-35-18-13-19-36-92)42-60(96)88(8)56(39-44(2)3)63(97)84-61/h24-26,28-30,40,44-46,49,53-58,61-62H,12-23,27,31-39,41-43H2,1-11H3,(H,83,95)(H,84,97)(H,85,98)/t45-,46-,53-,54-,55-,56-,57-,58-,61-,62-/m0/s1. The van der Waals surface area contributed by atoms with Crippen LogP contribution >= 0.6 is 11.6 Å². The predicted molar refractivity (Wildman–Crippen MR) is 380 cm³/mol. The van der Waals surface area contributed by atoms with Gasteiger partial charge in [0.05, 0.1) is 29.1 Å². The molecule has 6 aliphatic rings. The largest absolute Gasteiger partial charge is 0.417 e. The Morgan fingerprint density at radius 2 is 1.23 bits per heavy atom. The number of hydrogen-bond donors (Lipinski definition) is 3. The van der Waals surface area contributed by atoms with Gasteiger partial charge in [-0.15, -0.1) is 0 Å². The minimum atomic E-state index is -4.81. The van der Waals surface area contributed by atoms with E-state index in [1.807, 2.05) is 13.8 Å². The first kappa shape index (κ1) is 83.6. The lowest BCUT2D eigenvalue weighted by atomic mass is 9.90. The molecule has 12 amide bonds. The number of benzene rings is 2. The van der Waals surface area contributed by atoms with Crippen LogP contribution in [0.25, 0.3) is 0 Å². The maximum absolute atomic E-state index is 15.8. The first-order valence-corrected chi connectivity index (χ1v) is 37.6. The average Bonchev–Trinajstić information content (AvgIpc) is 1.75. The van der Waals surface area contributed by atoms with Gasteiger partial charge in [-0.05, 0) is 144 Å². The third kappa shape index (κ3) is 19.3. The van der Waals surface area contributed by atoms with E-state index in [2.05, 4.69) is 16.0 Å². The maximum Gasteiger partial charge on any atom is 0.417 e. The molecule has 3 N–H and O–H groups in total. The summed E-state index contributed by atoms with van der Waals surface area (Å²) in [4.78, 5) is 192. The van der Waals surface area contributed by atoms with Crippen molar-refractivity contribution >= 4 is 82.5 Å². The molecule has 0 unspecified atom stereocenters. The van der Waals surface area contributed by atoms with Crippen LogP contribution in [0.1, 0.15) is 172 Å². The Bertz CT molecular complexity index is 3570. The Kier molecular flexibility index (Phi) is 27.9. The highest BCUT2D eigenvalue weighted by Crippen LogP contribution is 2.39. The Labute approximate surface area is 621 Å². The molecule has 2 aromatic rings. The molecule has 2 aliphatic carbocycles. The molecule has 31 heteroatoms. The molecule has 106 heavy (non-hydrogen) atoms. The van der Waals surface area contributed by atoms with Crippen LogP contribution in [0.5, 0.6) is 0 Å². The molecule has 2 saturated carbocycles. The summed E-state index contributed by atoms with van der Waals surface area (Å²) in [5.41, 5.74) is -3.37. The first-order valence-electron chi connectivity index (χ1n) is 37.2. The topological polar surface area (TPSA) is 270 Å². The first-order chi connectivity index (χ1) is 49.8. The fraction of sp³-hybridized carbons (Fsp3) is 0.680. The lowest BCUT2D eigenvalue weighted by molar-refractivity contribution is -0.160. The lowest BCUT2D eigenvalue weighted by Gasteiger charge is -2.45. The van der Waals surface area contributed by atoms with Crippen LogP contribution in [0.4, 0.5) is 26.3 Å². The molecule has 4 saturated heterocycles. The Morgan fingerprint density at radius 1 is 0.604 bits per heavy atom. The number of aryl methyl sites for hydroxylation is 1. The van der Waals surface area contributed by atoms with Crippen molar-refractivity contribution in [2.75, 3.05) is 75.0 Å². The van der Waals surface area contributed by atoms with Crippen molar-refractivity contribution in [3.63, 3.8) is 0 Å². The minimum Gasteiger partial charge on any atom is -0.343 e. The quantitative estimate of drug-likeness (QED) is 0.195. The van der Waals surface area contributed by atoms with E-state index in [0.29, 0.717) is 70.9 Å². The Balaban J connectivity index is 1.20. The number of carbonyl (C=O) groups excluding carboxylic acids is 12. The van der Waals surface area contributed by atoms with Gasteiger partial charge < -0.3 is 60.0 Å². The molecule has 0 aromatic heterocycles. The molecule has 8 rings (SSSR count). The predicted octanol–water partition coefficient (Wildman–Crippen LogP) is 6.86. The average molecular weight is 1520 g/mol. The number of likely N-dealkylation sites (N-methyl/N-ethyl adjacent to an activating group) is 6. The molecule has 4 heterocycles. The fourth-order valence-corrected chi connectivity index (χ4v) is 16.2. The van der Waals surface area contributed by atoms with Crippen LogP contribution in [0.3, 0.4) is 0 Å². The van der Waals surface area contributed by atoms with E-state index >= 15 is 28.8 Å². The van der Waals surface area contributed by atoms with Crippen LogP contribution in [0.15, 0.2) is 42.5 Å². The van der Waals surface area contributed by atoms with Gasteiger partial charge in [-0.1, -0.05) is 89.6 Å². The van der Waals surface area contributed by atoms with Crippen molar-refractivity contribution < 1.29 is 83.9 Å². The highest BCUT2D eigenvalue weighted by molar-refractivity contribution is 6.31. The molecule has 6 fully saturated rings. The zero-order chi connectivity index (χ0) is 78.2. The summed E-state index contributed by atoms with van der Waals surface area (Å²) < 4.78 is 83.3. The molecule has 586 valence electrons. The SMILES string of the molecule is CC[C@H](C)[C@@H]1NC(=O)[C@H](CC(C)C)N(C)C(=O)C[C@@H](C(=O)N2CCCCC2)N(C)C(=O)[C@H](C2CCCC2)N(C)C(=O)C2(CCCC2)NC(=O)[C@@H]2CCCN2C(=O)[C@H](CCc2ccc(C(F)(F)F)c(Cl)c2)NC(=O)CN(C)C(=O)[C@H](Cc2ccc(C(F)(F)F)cc2)N(C)C(=O)[C@@H]2CCN2C(=O)[C@H](C)N(C)C1=O. The van der Waals surface area contributed by atoms with Crippen molar-refractivity contribution in [3.8, 4) is 0 Å². The number of nitrogens with zero attached hydrogens (tertiary/aromatic N) is 9. The second kappa shape index (κ2) is 35.3. The number of amides is 12. The molecule has 2 aromatic carbocycles. The minimum absolute atomic E-state index is 0.0114. The van der Waals surface area contributed by atoms with Crippen LogP contribution in [-0.2, 0) is 82.7 Å². The summed E-state index contributed by atoms with van der Waals surface area (Å²) in [6.45, 7) is 8.48. The number of fused-ring (bicyclic) bond motifs is 2. The van der Waals surface area contributed by atoms with Crippen LogP contribution < -0.4 is 16.0 Å². The number of nitrogens with one attached hydrogen (secondary N) is 3. The van der Waals surface area contributed by atoms with E-state index < -0.39 is 191 Å². The van der Waals surface area contributed by atoms with Crippen molar-refractivity contribution in [2.24, 2.45) is 17.8 Å². The van der Waals surface area contributed by atoms with E-state index in [-0.39, 0.29) is 81.5 Å². The number of rotatable bonds is 11. The highest BCUT2D eigenvalue weighted by atomic mass is 35.5. The van der Waals surface area contributed by atoms with Gasteiger partial charge in [0.1, 0.15) is 59.9 Å². The molecular weight excluding hydrogens is 1410 g/mol. The van der Waals surface area contributed by atoms with Gasteiger partial charge >= 0.3 is 12.4 Å². The third-order valence-electron chi connectivity index (χ3n) is 22.8. The second-order valence-electron chi connectivity index (χ2n) is 30.4. The third-order valence-corrected chi connectivity index (χ3v) is 23.1.